The highest BCUT2D eigenvalue weighted by molar-refractivity contribution is 5.36. The van der Waals surface area contributed by atoms with Crippen LogP contribution in [0.25, 0.3) is 0 Å². The molecule has 0 unspecified atom stereocenters. The molecule has 1 aromatic rings. The van der Waals surface area contributed by atoms with Crippen molar-refractivity contribution in [2.75, 3.05) is 26.2 Å². The highest BCUT2D eigenvalue weighted by atomic mass is 19.1. The van der Waals surface area contributed by atoms with E-state index in [1.54, 1.807) is 12.1 Å². The number of hydrogen-bond acceptors (Lipinski definition) is 3. The van der Waals surface area contributed by atoms with E-state index < -0.39 is 5.82 Å². The number of rotatable bonds is 4. The first-order chi connectivity index (χ1) is 9.26. The maximum absolute atomic E-state index is 13.4. The molecule has 1 aliphatic heterocycles. The molecule has 1 aromatic carbocycles. The number of nitriles is 1. The molecule has 1 aliphatic rings. The van der Waals surface area contributed by atoms with E-state index in [2.05, 4.69) is 16.8 Å². The Bertz CT molecular complexity index is 487. The van der Waals surface area contributed by atoms with Crippen LogP contribution in [-0.4, -0.2) is 31.1 Å². The smallest absolute Gasteiger partial charge is 0.140 e. The molecule has 1 saturated heterocycles. The van der Waals surface area contributed by atoms with E-state index in [1.807, 2.05) is 12.1 Å². The van der Waals surface area contributed by atoms with Crippen LogP contribution in [0.3, 0.4) is 0 Å². The molecule has 4 heteroatoms. The summed E-state index contributed by atoms with van der Waals surface area (Å²) in [6.45, 7) is 7.63. The lowest BCUT2D eigenvalue weighted by Crippen LogP contribution is -2.45. The van der Waals surface area contributed by atoms with Crippen LogP contribution in [0.4, 0.5) is 4.39 Å². The van der Waals surface area contributed by atoms with Gasteiger partial charge in [-0.15, -0.1) is 6.58 Å². The fraction of sp³-hybridized carbons (Fsp3) is 0.400. The van der Waals surface area contributed by atoms with Crippen molar-refractivity contribution in [2.24, 2.45) is 0 Å². The molecule has 0 radical (unpaired) electrons. The molecule has 0 aliphatic carbocycles. The van der Waals surface area contributed by atoms with Crippen molar-refractivity contribution in [3.8, 4) is 6.07 Å². The summed E-state index contributed by atoms with van der Waals surface area (Å²) in [6, 6.07) is 6.89. The molecule has 0 amide bonds. The molecular formula is C15H18FN3. The van der Waals surface area contributed by atoms with Crippen molar-refractivity contribution in [1.82, 2.24) is 10.2 Å². The first-order valence-electron chi connectivity index (χ1n) is 6.51. The summed E-state index contributed by atoms with van der Waals surface area (Å²) < 4.78 is 13.4. The number of halogens is 1. The molecule has 0 spiro atoms. The molecule has 1 atom stereocenters. The van der Waals surface area contributed by atoms with Gasteiger partial charge in [-0.2, -0.15) is 5.26 Å². The zero-order chi connectivity index (χ0) is 13.7. The van der Waals surface area contributed by atoms with Gasteiger partial charge >= 0.3 is 0 Å². The molecule has 2 rings (SSSR count). The van der Waals surface area contributed by atoms with Crippen LogP contribution in [0.15, 0.2) is 30.9 Å². The van der Waals surface area contributed by atoms with Gasteiger partial charge in [0.1, 0.15) is 11.9 Å². The topological polar surface area (TPSA) is 39.1 Å². The molecule has 0 bridgehead atoms. The molecule has 19 heavy (non-hydrogen) atoms. The first kappa shape index (κ1) is 13.7. The zero-order valence-corrected chi connectivity index (χ0v) is 10.9. The van der Waals surface area contributed by atoms with Crippen LogP contribution in [0, 0.1) is 17.1 Å². The summed E-state index contributed by atoms with van der Waals surface area (Å²) in [5.74, 6) is -0.455. The fourth-order valence-corrected chi connectivity index (χ4v) is 2.48. The second-order valence-corrected chi connectivity index (χ2v) is 4.68. The number of benzene rings is 1. The van der Waals surface area contributed by atoms with Crippen molar-refractivity contribution >= 4 is 0 Å². The van der Waals surface area contributed by atoms with E-state index in [1.165, 1.54) is 6.07 Å². The average Bonchev–Trinajstić information content (AvgIpc) is 2.46. The van der Waals surface area contributed by atoms with Crippen molar-refractivity contribution in [3.63, 3.8) is 0 Å². The monoisotopic (exact) mass is 259 g/mol. The first-order valence-corrected chi connectivity index (χ1v) is 6.51. The van der Waals surface area contributed by atoms with E-state index in [0.29, 0.717) is 0 Å². The Balaban J connectivity index is 2.27. The second kappa shape index (κ2) is 6.46. The third kappa shape index (κ3) is 3.19. The van der Waals surface area contributed by atoms with E-state index >= 15 is 0 Å². The summed E-state index contributed by atoms with van der Waals surface area (Å²) in [5.41, 5.74) is 1.10. The Morgan fingerprint density at radius 3 is 2.84 bits per heavy atom. The highest BCUT2D eigenvalue weighted by Crippen LogP contribution is 2.26. The lowest BCUT2D eigenvalue weighted by molar-refractivity contribution is 0.174. The number of piperazine rings is 1. The van der Waals surface area contributed by atoms with Gasteiger partial charge in [-0.25, -0.2) is 4.39 Å². The van der Waals surface area contributed by atoms with Crippen LogP contribution >= 0.6 is 0 Å². The van der Waals surface area contributed by atoms with Gasteiger partial charge in [0.05, 0.1) is 5.56 Å². The third-order valence-electron chi connectivity index (χ3n) is 3.48. The quantitative estimate of drug-likeness (QED) is 0.843. The van der Waals surface area contributed by atoms with Gasteiger partial charge in [-0.05, 0) is 24.1 Å². The Labute approximate surface area is 113 Å². The number of nitrogens with zero attached hydrogens (tertiary/aromatic N) is 2. The SMILES string of the molecule is C=CC[C@H](c1ccc(F)c(C#N)c1)N1CCNCC1. The maximum Gasteiger partial charge on any atom is 0.140 e. The predicted octanol–water partition coefficient (Wildman–Crippen LogP) is 2.22. The summed E-state index contributed by atoms with van der Waals surface area (Å²) in [4.78, 5) is 2.35. The Morgan fingerprint density at radius 1 is 1.47 bits per heavy atom. The van der Waals surface area contributed by atoms with Gasteiger partial charge in [0.2, 0.25) is 0 Å². The third-order valence-corrected chi connectivity index (χ3v) is 3.48. The molecule has 0 aromatic heterocycles. The molecule has 100 valence electrons. The minimum Gasteiger partial charge on any atom is -0.314 e. The summed E-state index contributed by atoms with van der Waals surface area (Å²) >= 11 is 0. The minimum absolute atomic E-state index is 0.113. The van der Waals surface area contributed by atoms with Crippen LogP contribution < -0.4 is 5.32 Å². The lowest BCUT2D eigenvalue weighted by Gasteiger charge is -2.34. The van der Waals surface area contributed by atoms with Crippen LogP contribution in [0.2, 0.25) is 0 Å². The molecule has 3 nitrogen and oxygen atoms in total. The van der Waals surface area contributed by atoms with Gasteiger partial charge in [0.15, 0.2) is 0 Å². The Morgan fingerprint density at radius 2 is 2.21 bits per heavy atom. The molecule has 1 heterocycles. The lowest BCUT2D eigenvalue weighted by atomic mass is 9.99. The van der Waals surface area contributed by atoms with Gasteiger partial charge in [-0.3, -0.25) is 4.90 Å². The Kier molecular flexibility index (Phi) is 4.67. The average molecular weight is 259 g/mol. The summed E-state index contributed by atoms with van der Waals surface area (Å²) in [5, 5.41) is 12.2. The van der Waals surface area contributed by atoms with E-state index in [9.17, 15) is 4.39 Å². The molecule has 1 N–H and O–H groups in total. The molecule has 1 fully saturated rings. The maximum atomic E-state index is 13.4. The predicted molar refractivity (Wildman–Crippen MR) is 73.1 cm³/mol. The molecular weight excluding hydrogens is 241 g/mol. The van der Waals surface area contributed by atoms with Crippen molar-refractivity contribution < 1.29 is 4.39 Å². The summed E-state index contributed by atoms with van der Waals surface area (Å²) in [6.07, 6.45) is 2.68. The van der Waals surface area contributed by atoms with Crippen molar-refractivity contribution in [2.45, 2.75) is 12.5 Å². The van der Waals surface area contributed by atoms with Gasteiger partial charge in [-0.1, -0.05) is 12.1 Å². The van der Waals surface area contributed by atoms with Gasteiger partial charge < -0.3 is 5.32 Å². The largest absolute Gasteiger partial charge is 0.314 e. The van der Waals surface area contributed by atoms with Crippen LogP contribution in [-0.2, 0) is 0 Å². The van der Waals surface area contributed by atoms with Crippen molar-refractivity contribution in [1.29, 1.82) is 5.26 Å². The summed E-state index contributed by atoms with van der Waals surface area (Å²) in [7, 11) is 0. The van der Waals surface area contributed by atoms with Gasteiger partial charge in [0, 0.05) is 32.2 Å². The number of hydrogen-bond donors (Lipinski definition) is 1. The molecule has 0 saturated carbocycles. The van der Waals surface area contributed by atoms with Gasteiger partial charge in [0.25, 0.3) is 0 Å². The standard InChI is InChI=1S/C15H18FN3/c1-2-3-15(19-8-6-18-7-9-19)12-4-5-14(16)13(10-12)11-17/h2,4-5,10,15,18H,1,3,6-9H2/t15-/m1/s1. The van der Waals surface area contributed by atoms with Crippen LogP contribution in [0.5, 0.6) is 0 Å². The second-order valence-electron chi connectivity index (χ2n) is 4.68. The normalized spacial score (nSPS) is 17.7. The van der Waals surface area contributed by atoms with E-state index in [0.717, 1.165) is 38.2 Å². The number of nitrogens with one attached hydrogen (secondary N) is 1. The minimum atomic E-state index is -0.455. The zero-order valence-electron chi connectivity index (χ0n) is 10.9. The van der Waals surface area contributed by atoms with E-state index in [-0.39, 0.29) is 11.6 Å². The fourth-order valence-electron chi connectivity index (χ4n) is 2.48. The van der Waals surface area contributed by atoms with E-state index in [4.69, 9.17) is 5.26 Å². The van der Waals surface area contributed by atoms with Crippen molar-refractivity contribution in [3.05, 3.63) is 47.8 Å². The highest BCUT2D eigenvalue weighted by Gasteiger charge is 2.21. The Hall–Kier alpha value is -1.70. The van der Waals surface area contributed by atoms with Crippen LogP contribution in [0.1, 0.15) is 23.6 Å².